The van der Waals surface area contributed by atoms with Crippen LogP contribution in [-0.4, -0.2) is 37.7 Å². The third-order valence-corrected chi connectivity index (χ3v) is 4.42. The molecular weight excluding hydrogens is 220 g/mol. The zero-order chi connectivity index (χ0) is 11.5. The number of hydrogen-bond acceptors (Lipinski definition) is 4. The van der Waals surface area contributed by atoms with Crippen molar-refractivity contribution >= 4 is 11.3 Å². The van der Waals surface area contributed by atoms with Crippen LogP contribution in [0, 0.1) is 0 Å². The molecule has 1 aliphatic rings. The lowest BCUT2D eigenvalue weighted by atomic mass is 9.99. The maximum atomic E-state index is 5.83. The summed E-state index contributed by atoms with van der Waals surface area (Å²) in [5.41, 5.74) is 7.31. The largest absolute Gasteiger partial charge is 0.383 e. The lowest BCUT2D eigenvalue weighted by Crippen LogP contribution is -2.47. The van der Waals surface area contributed by atoms with Crippen molar-refractivity contribution in [2.75, 3.05) is 26.8 Å². The Morgan fingerprint density at radius 1 is 1.69 bits per heavy atom. The molecule has 4 heteroatoms. The van der Waals surface area contributed by atoms with Gasteiger partial charge in [0.15, 0.2) is 0 Å². The highest BCUT2D eigenvalue weighted by molar-refractivity contribution is 7.10. The Morgan fingerprint density at radius 3 is 3.19 bits per heavy atom. The highest BCUT2D eigenvalue weighted by Gasteiger charge is 2.29. The third-order valence-electron chi connectivity index (χ3n) is 3.42. The first kappa shape index (κ1) is 12.0. The van der Waals surface area contributed by atoms with E-state index < -0.39 is 0 Å². The number of thiophene rings is 1. The van der Waals surface area contributed by atoms with Crippen molar-refractivity contribution in [1.82, 2.24) is 4.90 Å². The topological polar surface area (TPSA) is 38.5 Å². The molecule has 1 aromatic heterocycles. The van der Waals surface area contributed by atoms with Gasteiger partial charge in [-0.3, -0.25) is 4.90 Å². The van der Waals surface area contributed by atoms with Gasteiger partial charge < -0.3 is 10.5 Å². The summed E-state index contributed by atoms with van der Waals surface area (Å²) in [4.78, 5) is 4.01. The van der Waals surface area contributed by atoms with Gasteiger partial charge in [0.25, 0.3) is 0 Å². The molecule has 2 atom stereocenters. The van der Waals surface area contributed by atoms with Crippen molar-refractivity contribution in [3.8, 4) is 0 Å². The van der Waals surface area contributed by atoms with Crippen LogP contribution < -0.4 is 5.73 Å². The molecule has 2 heterocycles. The third kappa shape index (κ3) is 2.15. The van der Waals surface area contributed by atoms with Gasteiger partial charge in [0.2, 0.25) is 0 Å². The molecule has 0 radical (unpaired) electrons. The molecule has 0 bridgehead atoms. The number of nitrogens with zero attached hydrogens (tertiary/aromatic N) is 1. The van der Waals surface area contributed by atoms with Gasteiger partial charge >= 0.3 is 0 Å². The molecule has 1 aromatic rings. The summed E-state index contributed by atoms with van der Waals surface area (Å²) in [5.74, 6) is 0. The standard InChI is InChI=1S/C12H20N2OS/c1-9-11-4-6-16-12(11)3-5-14(9)10(7-13)8-15-2/h4,6,9-10H,3,5,7-8,13H2,1-2H3. The van der Waals surface area contributed by atoms with Gasteiger partial charge in [-0.15, -0.1) is 11.3 Å². The number of nitrogens with two attached hydrogens (primary N) is 1. The normalized spacial score (nSPS) is 23.1. The van der Waals surface area contributed by atoms with Crippen molar-refractivity contribution in [3.63, 3.8) is 0 Å². The fourth-order valence-electron chi connectivity index (χ4n) is 2.52. The van der Waals surface area contributed by atoms with Gasteiger partial charge in [0.1, 0.15) is 0 Å². The molecule has 0 saturated heterocycles. The minimum atomic E-state index is 0.341. The number of hydrogen-bond donors (Lipinski definition) is 1. The number of methoxy groups -OCH3 is 1. The Morgan fingerprint density at radius 2 is 2.50 bits per heavy atom. The predicted octanol–water partition coefficient (Wildman–Crippen LogP) is 1.64. The molecule has 2 unspecified atom stereocenters. The molecule has 0 amide bonds. The number of ether oxygens (including phenoxy) is 1. The Kier molecular flexibility index (Phi) is 3.97. The van der Waals surface area contributed by atoms with Crippen LogP contribution in [-0.2, 0) is 11.2 Å². The number of rotatable bonds is 4. The highest BCUT2D eigenvalue weighted by Crippen LogP contribution is 2.33. The lowest BCUT2D eigenvalue weighted by molar-refractivity contribution is 0.0647. The quantitative estimate of drug-likeness (QED) is 0.869. The summed E-state index contributed by atoms with van der Waals surface area (Å²) >= 11 is 1.87. The molecule has 90 valence electrons. The smallest absolute Gasteiger partial charge is 0.0630 e. The second kappa shape index (κ2) is 5.27. The van der Waals surface area contributed by atoms with Crippen molar-refractivity contribution in [1.29, 1.82) is 0 Å². The maximum Gasteiger partial charge on any atom is 0.0630 e. The highest BCUT2D eigenvalue weighted by atomic mass is 32.1. The first-order valence-corrected chi connectivity index (χ1v) is 6.67. The molecule has 0 fully saturated rings. The SMILES string of the molecule is COCC(CN)N1CCc2sccc2C1C. The van der Waals surface area contributed by atoms with Gasteiger partial charge in [-0.05, 0) is 30.4 Å². The molecule has 2 N–H and O–H groups in total. The minimum absolute atomic E-state index is 0.341. The van der Waals surface area contributed by atoms with Crippen LogP contribution in [0.2, 0.25) is 0 Å². The Bertz CT molecular complexity index is 340. The molecule has 16 heavy (non-hydrogen) atoms. The van der Waals surface area contributed by atoms with E-state index in [1.54, 1.807) is 7.11 Å². The second-order valence-corrected chi connectivity index (χ2v) is 5.31. The summed E-state index contributed by atoms with van der Waals surface area (Å²) < 4.78 is 5.25. The zero-order valence-electron chi connectivity index (χ0n) is 9.98. The van der Waals surface area contributed by atoms with E-state index in [-0.39, 0.29) is 0 Å². The Hall–Kier alpha value is -0.420. The van der Waals surface area contributed by atoms with E-state index in [1.807, 2.05) is 11.3 Å². The fraction of sp³-hybridized carbons (Fsp3) is 0.667. The van der Waals surface area contributed by atoms with Crippen LogP contribution in [0.5, 0.6) is 0 Å². The van der Waals surface area contributed by atoms with E-state index in [1.165, 1.54) is 10.4 Å². The lowest BCUT2D eigenvalue weighted by Gasteiger charge is -2.38. The molecule has 1 aliphatic heterocycles. The van der Waals surface area contributed by atoms with E-state index >= 15 is 0 Å². The van der Waals surface area contributed by atoms with Gasteiger partial charge in [-0.2, -0.15) is 0 Å². The molecule has 3 nitrogen and oxygen atoms in total. The first-order valence-electron chi connectivity index (χ1n) is 5.79. The zero-order valence-corrected chi connectivity index (χ0v) is 10.8. The summed E-state index contributed by atoms with van der Waals surface area (Å²) in [5, 5.41) is 2.19. The van der Waals surface area contributed by atoms with Gasteiger partial charge in [0, 0.05) is 37.2 Å². The summed E-state index contributed by atoms with van der Waals surface area (Å²) in [6, 6.07) is 3.06. The second-order valence-electron chi connectivity index (χ2n) is 4.31. The number of fused-ring (bicyclic) bond motifs is 1. The van der Waals surface area contributed by atoms with Crippen LogP contribution >= 0.6 is 11.3 Å². The predicted molar refractivity (Wildman–Crippen MR) is 67.9 cm³/mol. The Balaban J connectivity index is 2.13. The summed E-state index contributed by atoms with van der Waals surface area (Å²) in [7, 11) is 1.74. The molecule has 0 aromatic carbocycles. The maximum absolute atomic E-state index is 5.83. The molecule has 0 saturated carbocycles. The van der Waals surface area contributed by atoms with Gasteiger partial charge in [-0.1, -0.05) is 0 Å². The van der Waals surface area contributed by atoms with E-state index in [2.05, 4.69) is 23.3 Å². The van der Waals surface area contributed by atoms with Crippen LogP contribution in [0.25, 0.3) is 0 Å². The van der Waals surface area contributed by atoms with Gasteiger partial charge in [-0.25, -0.2) is 0 Å². The fourth-order valence-corrected chi connectivity index (χ4v) is 3.48. The van der Waals surface area contributed by atoms with Crippen molar-refractivity contribution < 1.29 is 4.74 Å². The van der Waals surface area contributed by atoms with E-state index in [4.69, 9.17) is 10.5 Å². The van der Waals surface area contributed by atoms with Crippen LogP contribution in [0.1, 0.15) is 23.4 Å². The minimum Gasteiger partial charge on any atom is -0.383 e. The Labute approximate surface area is 101 Å². The van der Waals surface area contributed by atoms with E-state index in [0.717, 1.165) is 19.6 Å². The first-order chi connectivity index (χ1) is 7.77. The summed E-state index contributed by atoms with van der Waals surface area (Å²) in [6.45, 7) is 4.75. The van der Waals surface area contributed by atoms with Crippen molar-refractivity contribution in [2.24, 2.45) is 5.73 Å². The molecule has 2 rings (SSSR count). The molecule has 0 spiro atoms. The van der Waals surface area contributed by atoms with Crippen LogP contribution in [0.3, 0.4) is 0 Å². The van der Waals surface area contributed by atoms with Crippen molar-refractivity contribution in [2.45, 2.75) is 25.4 Å². The molecular formula is C12H20N2OS. The average molecular weight is 240 g/mol. The molecule has 0 aliphatic carbocycles. The van der Waals surface area contributed by atoms with Crippen LogP contribution in [0.15, 0.2) is 11.4 Å². The van der Waals surface area contributed by atoms with Crippen molar-refractivity contribution in [3.05, 3.63) is 21.9 Å². The van der Waals surface area contributed by atoms with Crippen LogP contribution in [0.4, 0.5) is 0 Å². The summed E-state index contributed by atoms with van der Waals surface area (Å²) in [6.07, 6.45) is 1.15. The van der Waals surface area contributed by atoms with E-state index in [0.29, 0.717) is 18.6 Å². The van der Waals surface area contributed by atoms with Gasteiger partial charge in [0.05, 0.1) is 6.61 Å². The van der Waals surface area contributed by atoms with E-state index in [9.17, 15) is 0 Å². The average Bonchev–Trinajstić information content (AvgIpc) is 2.76. The monoisotopic (exact) mass is 240 g/mol.